The van der Waals surface area contributed by atoms with Crippen molar-refractivity contribution in [3.63, 3.8) is 0 Å². The molecule has 1 N–H and O–H groups in total. The summed E-state index contributed by atoms with van der Waals surface area (Å²) in [5.41, 5.74) is 0.139. The Morgan fingerprint density at radius 1 is 0.694 bits per heavy atom. The average Bonchev–Trinajstić information content (AvgIpc) is 2.90. The molecular formula is C28H22F2O5S. The van der Waals surface area contributed by atoms with Crippen molar-refractivity contribution in [2.75, 3.05) is 6.61 Å². The molecular weight excluding hydrogens is 486 g/mol. The number of benzene rings is 4. The molecule has 4 rings (SSSR count). The summed E-state index contributed by atoms with van der Waals surface area (Å²) in [5.74, 6) is -1.23. The quantitative estimate of drug-likeness (QED) is 0.249. The van der Waals surface area contributed by atoms with E-state index < -0.39 is 32.4 Å². The van der Waals surface area contributed by atoms with Gasteiger partial charge in [-0.25, -0.2) is 13.2 Å². The summed E-state index contributed by atoms with van der Waals surface area (Å²) in [6, 6.07) is 27.8. The van der Waals surface area contributed by atoms with Gasteiger partial charge in [-0.05, 0) is 41.0 Å². The molecule has 0 unspecified atom stereocenters. The molecule has 5 nitrogen and oxygen atoms in total. The van der Waals surface area contributed by atoms with E-state index in [1.54, 1.807) is 42.5 Å². The maximum absolute atomic E-state index is 15.8. The number of aromatic hydroxyl groups is 1. The van der Waals surface area contributed by atoms with E-state index in [4.69, 9.17) is 4.74 Å². The Bertz CT molecular complexity index is 1380. The van der Waals surface area contributed by atoms with E-state index in [1.807, 2.05) is 0 Å². The number of carbonyl (C=O) groups is 1. The van der Waals surface area contributed by atoms with E-state index in [9.17, 15) is 18.3 Å². The Morgan fingerprint density at radius 3 is 1.58 bits per heavy atom. The van der Waals surface area contributed by atoms with Gasteiger partial charge in [0.1, 0.15) is 5.75 Å². The van der Waals surface area contributed by atoms with Crippen molar-refractivity contribution in [3.05, 3.63) is 138 Å². The highest BCUT2D eigenvalue weighted by molar-refractivity contribution is 7.93. The molecule has 8 heteroatoms. The van der Waals surface area contributed by atoms with Crippen LogP contribution in [0.3, 0.4) is 0 Å². The van der Waals surface area contributed by atoms with E-state index in [-0.39, 0.29) is 28.0 Å². The van der Waals surface area contributed by atoms with Gasteiger partial charge < -0.3 is 9.84 Å². The number of carbonyl (C=O) groups excluding carboxylic acids is 1. The van der Waals surface area contributed by atoms with Crippen molar-refractivity contribution >= 4 is 15.8 Å². The molecule has 36 heavy (non-hydrogen) atoms. The summed E-state index contributed by atoms with van der Waals surface area (Å²) in [5, 5.41) is 5.34. The zero-order valence-corrected chi connectivity index (χ0v) is 19.7. The number of esters is 1. The number of alkyl halides is 2. The van der Waals surface area contributed by atoms with Crippen LogP contribution in [0.25, 0.3) is 0 Å². The number of halogens is 2. The second kappa shape index (κ2) is 9.91. The third-order valence-corrected chi connectivity index (χ3v) is 8.23. The lowest BCUT2D eigenvalue weighted by molar-refractivity contribution is -0.00620. The smallest absolute Gasteiger partial charge is 0.380 e. The highest BCUT2D eigenvalue weighted by atomic mass is 32.2. The monoisotopic (exact) mass is 508 g/mol. The van der Waals surface area contributed by atoms with Gasteiger partial charge in [0.05, 0.1) is 5.56 Å². The van der Waals surface area contributed by atoms with E-state index in [0.717, 1.165) is 0 Å². The zero-order chi connectivity index (χ0) is 25.8. The number of phenolic OH excluding ortho intramolecular Hbond substituents is 1. The highest BCUT2D eigenvalue weighted by Crippen LogP contribution is 2.49. The molecule has 0 atom stereocenters. The Kier molecular flexibility index (Phi) is 6.90. The fourth-order valence-corrected chi connectivity index (χ4v) is 6.12. The minimum Gasteiger partial charge on any atom is -0.508 e. The first kappa shape index (κ1) is 25.1. The predicted octanol–water partition coefficient (Wildman–Crippen LogP) is 5.55. The topological polar surface area (TPSA) is 80.7 Å². The molecule has 0 aliphatic rings. The number of sulfone groups is 1. The predicted molar refractivity (Wildman–Crippen MR) is 131 cm³/mol. The largest absolute Gasteiger partial charge is 0.508 e. The molecule has 0 spiro atoms. The van der Waals surface area contributed by atoms with Crippen LogP contribution in [-0.2, 0) is 19.3 Å². The average molecular weight is 509 g/mol. The fraction of sp³-hybridized carbons (Fsp3) is 0.107. The van der Waals surface area contributed by atoms with Gasteiger partial charge in [-0.1, -0.05) is 91.0 Å². The van der Waals surface area contributed by atoms with Crippen molar-refractivity contribution in [1.29, 1.82) is 0 Å². The molecule has 0 saturated heterocycles. The minimum absolute atomic E-state index is 0.00763. The Balaban J connectivity index is 1.90. The summed E-state index contributed by atoms with van der Waals surface area (Å²) in [7, 11) is -5.50. The maximum atomic E-state index is 15.8. The normalized spacial score (nSPS) is 12.2. The van der Waals surface area contributed by atoms with Crippen LogP contribution in [0.4, 0.5) is 8.78 Å². The highest BCUT2D eigenvalue weighted by Gasteiger charge is 2.61. The molecule has 0 amide bonds. The van der Waals surface area contributed by atoms with Crippen molar-refractivity contribution in [1.82, 2.24) is 0 Å². The Morgan fingerprint density at radius 2 is 1.11 bits per heavy atom. The summed E-state index contributed by atoms with van der Waals surface area (Å²) in [6.45, 7) is -1.68. The molecule has 0 heterocycles. The molecule has 184 valence electrons. The molecule has 0 bridgehead atoms. The second-order valence-corrected chi connectivity index (χ2v) is 10.3. The standard InChI is InChI=1S/C28H22F2O5S/c29-27(30,20-35-26(32)21-10-4-1-5-11-21)36(33,34)28(22-12-6-2-7-13-22,23-14-8-3-9-15-23)24-16-18-25(31)19-17-24/h1-19,31H,20H2. The summed E-state index contributed by atoms with van der Waals surface area (Å²) >= 11 is 0. The number of ether oxygens (including phenoxy) is 1. The van der Waals surface area contributed by atoms with Crippen LogP contribution < -0.4 is 0 Å². The summed E-state index contributed by atoms with van der Waals surface area (Å²) in [4.78, 5) is 12.3. The van der Waals surface area contributed by atoms with Gasteiger partial charge in [-0.15, -0.1) is 0 Å². The van der Waals surface area contributed by atoms with Gasteiger partial charge in [-0.2, -0.15) is 8.78 Å². The zero-order valence-electron chi connectivity index (χ0n) is 18.9. The lowest BCUT2D eigenvalue weighted by atomic mass is 9.84. The lowest BCUT2D eigenvalue weighted by Crippen LogP contribution is -2.49. The van der Waals surface area contributed by atoms with Crippen molar-refractivity contribution < 1.29 is 31.8 Å². The molecule has 0 saturated carbocycles. The first-order valence-electron chi connectivity index (χ1n) is 10.9. The van der Waals surface area contributed by atoms with Crippen LogP contribution in [0, 0.1) is 0 Å². The van der Waals surface area contributed by atoms with Crippen molar-refractivity contribution in [3.8, 4) is 5.75 Å². The number of phenols is 1. The third-order valence-electron chi connectivity index (χ3n) is 5.81. The van der Waals surface area contributed by atoms with Crippen LogP contribution >= 0.6 is 0 Å². The van der Waals surface area contributed by atoms with Crippen molar-refractivity contribution in [2.24, 2.45) is 0 Å². The van der Waals surface area contributed by atoms with Crippen LogP contribution in [0.15, 0.2) is 115 Å². The number of hydrogen-bond donors (Lipinski definition) is 1. The van der Waals surface area contributed by atoms with Gasteiger partial charge in [0.25, 0.3) is 0 Å². The van der Waals surface area contributed by atoms with Gasteiger partial charge in [0, 0.05) is 0 Å². The summed E-state index contributed by atoms with van der Waals surface area (Å²) < 4.78 is 62.2. The first-order chi connectivity index (χ1) is 17.2. The van der Waals surface area contributed by atoms with E-state index in [2.05, 4.69) is 0 Å². The van der Waals surface area contributed by atoms with Crippen LogP contribution in [0.1, 0.15) is 27.0 Å². The molecule has 0 aromatic heterocycles. The number of hydrogen-bond acceptors (Lipinski definition) is 5. The van der Waals surface area contributed by atoms with Crippen molar-refractivity contribution in [2.45, 2.75) is 10.0 Å². The van der Waals surface area contributed by atoms with Crippen LogP contribution in [-0.4, -0.2) is 31.4 Å². The molecule has 0 fully saturated rings. The molecule has 0 aliphatic heterocycles. The van der Waals surface area contributed by atoms with E-state index >= 15 is 8.78 Å². The molecule has 4 aromatic rings. The van der Waals surface area contributed by atoms with Crippen LogP contribution in [0.2, 0.25) is 0 Å². The summed E-state index contributed by atoms with van der Waals surface area (Å²) in [6.07, 6.45) is 0. The number of rotatable bonds is 8. The lowest BCUT2D eigenvalue weighted by Gasteiger charge is -2.37. The fourth-order valence-electron chi connectivity index (χ4n) is 4.12. The molecule has 0 aliphatic carbocycles. The third kappa shape index (κ3) is 4.35. The van der Waals surface area contributed by atoms with Gasteiger partial charge in [0.2, 0.25) is 9.84 Å². The SMILES string of the molecule is O=C(OCC(F)(F)S(=O)(=O)C(c1ccccc1)(c1ccccc1)c1ccc(O)cc1)c1ccccc1. The first-order valence-corrected chi connectivity index (χ1v) is 12.4. The molecule has 0 radical (unpaired) electrons. The second-order valence-electron chi connectivity index (χ2n) is 8.04. The van der Waals surface area contributed by atoms with E-state index in [1.165, 1.54) is 72.8 Å². The van der Waals surface area contributed by atoms with E-state index in [0.29, 0.717) is 0 Å². The van der Waals surface area contributed by atoms with Gasteiger partial charge >= 0.3 is 11.2 Å². The van der Waals surface area contributed by atoms with Crippen LogP contribution in [0.5, 0.6) is 5.75 Å². The molecule has 4 aromatic carbocycles. The maximum Gasteiger partial charge on any atom is 0.380 e. The van der Waals surface area contributed by atoms with Gasteiger partial charge in [-0.3, -0.25) is 0 Å². The Labute approximate surface area is 207 Å². The minimum atomic E-state index is -5.50. The Hall–Kier alpha value is -4.04. The van der Waals surface area contributed by atoms with Gasteiger partial charge in [0.15, 0.2) is 11.4 Å².